The van der Waals surface area contributed by atoms with Crippen molar-refractivity contribution in [3.05, 3.63) is 24.3 Å². The fourth-order valence-electron chi connectivity index (χ4n) is 1.93. The Labute approximate surface area is 108 Å². The smallest absolute Gasteiger partial charge is 0.331 e. The van der Waals surface area contributed by atoms with Gasteiger partial charge in [0.25, 0.3) is 0 Å². The molecule has 4 nitrogen and oxygen atoms in total. The number of methoxy groups -OCH3 is 2. The van der Waals surface area contributed by atoms with Crippen LogP contribution in [0.2, 0.25) is 0 Å². The third-order valence-corrected chi connectivity index (χ3v) is 2.90. The number of rotatable bonds is 6. The molecule has 0 aliphatic carbocycles. The lowest BCUT2D eigenvalue weighted by Gasteiger charge is -2.28. The van der Waals surface area contributed by atoms with Crippen molar-refractivity contribution < 1.29 is 14.3 Å². The predicted molar refractivity (Wildman–Crippen MR) is 71.9 cm³/mol. The van der Waals surface area contributed by atoms with Crippen LogP contribution in [0.25, 0.3) is 0 Å². The third-order valence-electron chi connectivity index (χ3n) is 2.90. The summed E-state index contributed by atoms with van der Waals surface area (Å²) in [5.41, 5.74) is 0.176. The van der Waals surface area contributed by atoms with Crippen LogP contribution in [0.4, 0.5) is 5.69 Å². The van der Waals surface area contributed by atoms with Crippen molar-refractivity contribution in [1.29, 1.82) is 0 Å². The zero-order valence-corrected chi connectivity index (χ0v) is 11.4. The average Bonchev–Trinajstić information content (AvgIpc) is 2.39. The number of carbonyl (C=O) groups excluding carboxylic acids is 1. The number of esters is 1. The van der Waals surface area contributed by atoms with Gasteiger partial charge in [-0.05, 0) is 37.6 Å². The van der Waals surface area contributed by atoms with Crippen LogP contribution < -0.4 is 10.1 Å². The zero-order chi connectivity index (χ0) is 13.6. The molecule has 1 rings (SSSR count). The van der Waals surface area contributed by atoms with E-state index in [-0.39, 0.29) is 5.97 Å². The molecular weight excluding hydrogens is 230 g/mol. The third kappa shape index (κ3) is 3.39. The van der Waals surface area contributed by atoms with Gasteiger partial charge in [-0.25, -0.2) is 4.79 Å². The fraction of sp³-hybridized carbons (Fsp3) is 0.500. The Kier molecular flexibility index (Phi) is 5.01. The van der Waals surface area contributed by atoms with Crippen molar-refractivity contribution in [2.45, 2.75) is 32.2 Å². The van der Waals surface area contributed by atoms with E-state index in [0.717, 1.165) is 17.9 Å². The molecule has 0 aliphatic heterocycles. The monoisotopic (exact) mass is 251 g/mol. The summed E-state index contributed by atoms with van der Waals surface area (Å²) in [6.07, 6.45) is 1.61. The largest absolute Gasteiger partial charge is 0.497 e. The highest BCUT2D eigenvalue weighted by Gasteiger charge is 2.33. The summed E-state index contributed by atoms with van der Waals surface area (Å²) < 4.78 is 9.95. The highest BCUT2D eigenvalue weighted by atomic mass is 16.5. The zero-order valence-electron chi connectivity index (χ0n) is 11.4. The van der Waals surface area contributed by atoms with E-state index in [9.17, 15) is 4.79 Å². The van der Waals surface area contributed by atoms with E-state index >= 15 is 0 Å². The lowest BCUT2D eigenvalue weighted by Crippen LogP contribution is -2.44. The molecule has 1 unspecified atom stereocenters. The molecule has 0 aromatic heterocycles. The molecule has 18 heavy (non-hydrogen) atoms. The Bertz CT molecular complexity index is 389. The van der Waals surface area contributed by atoms with Crippen LogP contribution in [-0.4, -0.2) is 25.7 Å². The van der Waals surface area contributed by atoms with Gasteiger partial charge in [-0.3, -0.25) is 0 Å². The lowest BCUT2D eigenvalue weighted by atomic mass is 9.96. The van der Waals surface area contributed by atoms with Gasteiger partial charge in [0.05, 0.1) is 14.2 Å². The SMILES string of the molecule is CCCC(C)(Nc1ccc(OC)cc1)C(=O)OC. The fourth-order valence-corrected chi connectivity index (χ4v) is 1.93. The molecule has 0 radical (unpaired) electrons. The van der Waals surface area contributed by atoms with E-state index in [0.29, 0.717) is 6.42 Å². The Morgan fingerprint density at radius 3 is 2.33 bits per heavy atom. The van der Waals surface area contributed by atoms with Crippen molar-refractivity contribution in [3.8, 4) is 5.75 Å². The number of hydrogen-bond acceptors (Lipinski definition) is 4. The molecule has 0 saturated carbocycles. The van der Waals surface area contributed by atoms with Gasteiger partial charge in [-0.2, -0.15) is 0 Å². The maximum absolute atomic E-state index is 11.8. The summed E-state index contributed by atoms with van der Waals surface area (Å²) in [4.78, 5) is 11.8. The minimum atomic E-state index is -0.696. The van der Waals surface area contributed by atoms with Gasteiger partial charge in [-0.1, -0.05) is 13.3 Å². The van der Waals surface area contributed by atoms with Crippen molar-refractivity contribution in [3.63, 3.8) is 0 Å². The van der Waals surface area contributed by atoms with E-state index in [4.69, 9.17) is 9.47 Å². The summed E-state index contributed by atoms with van der Waals surface area (Å²) in [7, 11) is 3.03. The molecule has 100 valence electrons. The first-order valence-electron chi connectivity index (χ1n) is 6.06. The molecule has 1 atom stereocenters. The van der Waals surface area contributed by atoms with Crippen LogP contribution in [0.15, 0.2) is 24.3 Å². The van der Waals surface area contributed by atoms with Gasteiger partial charge >= 0.3 is 5.97 Å². The number of benzene rings is 1. The maximum Gasteiger partial charge on any atom is 0.331 e. The number of hydrogen-bond donors (Lipinski definition) is 1. The topological polar surface area (TPSA) is 47.6 Å². The first kappa shape index (κ1) is 14.4. The molecular formula is C14H21NO3. The van der Waals surface area contributed by atoms with Gasteiger partial charge < -0.3 is 14.8 Å². The van der Waals surface area contributed by atoms with Crippen LogP contribution in [0.3, 0.4) is 0 Å². The average molecular weight is 251 g/mol. The number of nitrogens with one attached hydrogen (secondary N) is 1. The van der Waals surface area contributed by atoms with Gasteiger partial charge in [0.2, 0.25) is 0 Å². The molecule has 1 aromatic rings. The Hall–Kier alpha value is -1.71. The van der Waals surface area contributed by atoms with E-state index in [2.05, 4.69) is 5.32 Å². The number of anilines is 1. The molecule has 0 aliphatic rings. The molecule has 1 aromatic carbocycles. The molecule has 0 spiro atoms. The number of carbonyl (C=O) groups is 1. The van der Waals surface area contributed by atoms with Crippen molar-refractivity contribution in [2.24, 2.45) is 0 Å². The molecule has 4 heteroatoms. The predicted octanol–water partition coefficient (Wildman–Crippen LogP) is 2.84. The van der Waals surface area contributed by atoms with Crippen LogP contribution in [0, 0.1) is 0 Å². The second-order valence-electron chi connectivity index (χ2n) is 4.43. The second-order valence-corrected chi connectivity index (χ2v) is 4.43. The van der Waals surface area contributed by atoms with E-state index in [1.54, 1.807) is 7.11 Å². The quantitative estimate of drug-likeness (QED) is 0.790. The summed E-state index contributed by atoms with van der Waals surface area (Å²) in [6, 6.07) is 7.48. The first-order valence-corrected chi connectivity index (χ1v) is 6.06. The van der Waals surface area contributed by atoms with Gasteiger partial charge in [0.1, 0.15) is 11.3 Å². The minimum Gasteiger partial charge on any atom is -0.497 e. The second kappa shape index (κ2) is 6.28. The lowest BCUT2D eigenvalue weighted by molar-refractivity contribution is -0.145. The van der Waals surface area contributed by atoms with E-state index in [1.165, 1.54) is 7.11 Å². The molecule has 0 saturated heterocycles. The van der Waals surface area contributed by atoms with Gasteiger partial charge in [0, 0.05) is 5.69 Å². The Morgan fingerprint density at radius 1 is 1.28 bits per heavy atom. The molecule has 1 N–H and O–H groups in total. The molecule has 0 heterocycles. The molecule has 0 fully saturated rings. The minimum absolute atomic E-state index is 0.250. The Morgan fingerprint density at radius 2 is 1.89 bits per heavy atom. The highest BCUT2D eigenvalue weighted by Crippen LogP contribution is 2.23. The van der Waals surface area contributed by atoms with Crippen LogP contribution in [0.1, 0.15) is 26.7 Å². The van der Waals surface area contributed by atoms with Crippen molar-refractivity contribution in [1.82, 2.24) is 0 Å². The van der Waals surface area contributed by atoms with E-state index < -0.39 is 5.54 Å². The van der Waals surface area contributed by atoms with Gasteiger partial charge in [-0.15, -0.1) is 0 Å². The standard InChI is InChI=1S/C14H21NO3/c1-5-10-14(2,13(16)18-4)15-11-6-8-12(17-3)9-7-11/h6-9,15H,5,10H2,1-4H3. The Balaban J connectivity index is 2.85. The molecule has 0 bridgehead atoms. The van der Waals surface area contributed by atoms with Crippen molar-refractivity contribution in [2.75, 3.05) is 19.5 Å². The number of ether oxygens (including phenoxy) is 2. The first-order chi connectivity index (χ1) is 8.55. The normalized spacial score (nSPS) is 13.6. The highest BCUT2D eigenvalue weighted by molar-refractivity contribution is 5.84. The van der Waals surface area contributed by atoms with Crippen LogP contribution >= 0.6 is 0 Å². The summed E-state index contributed by atoms with van der Waals surface area (Å²) in [6.45, 7) is 3.89. The van der Waals surface area contributed by atoms with Crippen molar-refractivity contribution >= 4 is 11.7 Å². The van der Waals surface area contributed by atoms with Crippen LogP contribution in [-0.2, 0) is 9.53 Å². The molecule has 0 amide bonds. The summed E-state index contributed by atoms with van der Waals surface area (Å²) in [5.74, 6) is 0.538. The maximum atomic E-state index is 11.8. The van der Waals surface area contributed by atoms with Gasteiger partial charge in [0.15, 0.2) is 0 Å². The summed E-state index contributed by atoms with van der Waals surface area (Å²) in [5, 5.41) is 3.23. The summed E-state index contributed by atoms with van der Waals surface area (Å²) >= 11 is 0. The van der Waals surface area contributed by atoms with E-state index in [1.807, 2.05) is 38.1 Å². The van der Waals surface area contributed by atoms with Crippen LogP contribution in [0.5, 0.6) is 5.75 Å².